The van der Waals surface area contributed by atoms with Gasteiger partial charge in [-0.3, -0.25) is 13.9 Å². The van der Waals surface area contributed by atoms with E-state index >= 15 is 0 Å². The molecule has 2 aromatic rings. The fraction of sp³-hybridized carbons (Fsp3) is 0.533. The number of fused-ring (bicyclic) bond motifs is 1. The number of nitrogens with one attached hydrogen (secondary N) is 1. The summed E-state index contributed by atoms with van der Waals surface area (Å²) in [6.07, 6.45) is 3.54. The number of piperidine rings is 1. The van der Waals surface area contributed by atoms with Gasteiger partial charge in [0.2, 0.25) is 5.95 Å². The van der Waals surface area contributed by atoms with Crippen molar-refractivity contribution in [2.24, 2.45) is 7.05 Å². The lowest BCUT2D eigenvalue weighted by Crippen LogP contribution is -2.32. The summed E-state index contributed by atoms with van der Waals surface area (Å²) in [5.74, 6) is 6.74. The minimum atomic E-state index is -0.132. The maximum absolute atomic E-state index is 12.6. The molecule has 0 bridgehead atoms. The van der Waals surface area contributed by atoms with Gasteiger partial charge in [0, 0.05) is 20.1 Å². The molecule has 0 aliphatic carbocycles. The fourth-order valence-corrected chi connectivity index (χ4v) is 3.00. The third-order valence-electron chi connectivity index (χ3n) is 4.04. The van der Waals surface area contributed by atoms with Crippen molar-refractivity contribution in [3.05, 3.63) is 15.1 Å². The number of aromatic nitrogens is 4. The minimum absolute atomic E-state index is 0.132. The lowest BCUT2D eigenvalue weighted by Gasteiger charge is -2.27. The summed E-state index contributed by atoms with van der Waals surface area (Å²) in [5.41, 5.74) is 0.957. The predicted molar refractivity (Wildman–Crippen MR) is 89.7 cm³/mol. The highest BCUT2D eigenvalue weighted by Gasteiger charge is 2.21. The van der Waals surface area contributed by atoms with Gasteiger partial charge in [0.25, 0.3) is 5.56 Å². The van der Waals surface area contributed by atoms with E-state index in [1.54, 1.807) is 14.0 Å². The molecule has 2 aromatic heterocycles. The van der Waals surface area contributed by atoms with Gasteiger partial charge in [-0.2, -0.15) is 4.98 Å². The molecule has 0 amide bonds. The molecule has 6 nitrogen and oxygen atoms in total. The van der Waals surface area contributed by atoms with E-state index in [0.717, 1.165) is 31.9 Å². The first-order valence-electron chi connectivity index (χ1n) is 7.47. The van der Waals surface area contributed by atoms with Crippen LogP contribution >= 0.6 is 12.2 Å². The molecule has 0 aromatic carbocycles. The van der Waals surface area contributed by atoms with Crippen molar-refractivity contribution in [1.82, 2.24) is 19.1 Å². The molecule has 0 radical (unpaired) electrons. The van der Waals surface area contributed by atoms with E-state index in [0.29, 0.717) is 22.5 Å². The third kappa shape index (κ3) is 2.44. The Balaban J connectivity index is 2.25. The molecule has 22 heavy (non-hydrogen) atoms. The summed E-state index contributed by atoms with van der Waals surface area (Å²) < 4.78 is 3.73. The average molecular weight is 317 g/mol. The van der Waals surface area contributed by atoms with Crippen LogP contribution in [0.15, 0.2) is 4.79 Å². The Morgan fingerprint density at radius 1 is 1.32 bits per heavy atom. The summed E-state index contributed by atoms with van der Waals surface area (Å²) >= 11 is 5.18. The smallest absolute Gasteiger partial charge is 0.280 e. The highest BCUT2D eigenvalue weighted by molar-refractivity contribution is 7.71. The highest BCUT2D eigenvalue weighted by atomic mass is 32.1. The van der Waals surface area contributed by atoms with E-state index in [9.17, 15) is 4.79 Å². The lowest BCUT2D eigenvalue weighted by molar-refractivity contribution is 0.561. The van der Waals surface area contributed by atoms with Crippen molar-refractivity contribution in [2.75, 3.05) is 18.0 Å². The topological polar surface area (TPSA) is 58.9 Å². The average Bonchev–Trinajstić information content (AvgIpc) is 2.90. The molecule has 0 atom stereocenters. The molecule has 0 saturated carbocycles. The van der Waals surface area contributed by atoms with Crippen LogP contribution in [0, 0.1) is 16.6 Å². The van der Waals surface area contributed by atoms with E-state index in [4.69, 9.17) is 12.2 Å². The lowest BCUT2D eigenvalue weighted by atomic mass is 10.1. The van der Waals surface area contributed by atoms with Crippen molar-refractivity contribution >= 4 is 29.3 Å². The molecule has 1 aliphatic heterocycles. The van der Waals surface area contributed by atoms with Crippen LogP contribution in [0.3, 0.4) is 0 Å². The largest absolute Gasteiger partial charge is 0.342 e. The van der Waals surface area contributed by atoms with Crippen LogP contribution < -0.4 is 10.5 Å². The zero-order valence-electron chi connectivity index (χ0n) is 12.8. The van der Waals surface area contributed by atoms with Crippen molar-refractivity contribution in [2.45, 2.75) is 32.7 Å². The van der Waals surface area contributed by atoms with Gasteiger partial charge >= 0.3 is 0 Å². The number of nitrogens with zero attached hydrogens (tertiary/aromatic N) is 4. The van der Waals surface area contributed by atoms with Gasteiger partial charge < -0.3 is 9.88 Å². The number of hydrogen-bond acceptors (Lipinski definition) is 4. The molecule has 1 saturated heterocycles. The predicted octanol–water partition coefficient (Wildman–Crippen LogP) is 1.81. The first kappa shape index (κ1) is 14.9. The Bertz CT molecular complexity index is 873. The van der Waals surface area contributed by atoms with E-state index in [2.05, 4.69) is 26.7 Å². The van der Waals surface area contributed by atoms with Gasteiger partial charge in [0.15, 0.2) is 15.9 Å². The molecule has 3 heterocycles. The summed E-state index contributed by atoms with van der Waals surface area (Å²) in [5, 5.41) is 0. The molecule has 1 fully saturated rings. The standard InChI is InChI=1S/C15H19N5OS/c1-3-4-10-20-11-12(17-15(22)18(2)13(11)21)16-14(20)19-8-6-5-7-9-19/h5-10H2,1-2H3,(H,17,22). The Labute approximate surface area is 133 Å². The maximum atomic E-state index is 12.6. The Morgan fingerprint density at radius 3 is 2.73 bits per heavy atom. The molecule has 1 N–H and O–H groups in total. The first-order chi connectivity index (χ1) is 10.6. The number of imidazole rings is 1. The normalized spacial score (nSPS) is 14.9. The van der Waals surface area contributed by atoms with Gasteiger partial charge in [-0.1, -0.05) is 5.92 Å². The maximum Gasteiger partial charge on any atom is 0.280 e. The molecule has 3 rings (SSSR count). The van der Waals surface area contributed by atoms with Crippen LogP contribution in [-0.2, 0) is 13.6 Å². The zero-order valence-corrected chi connectivity index (χ0v) is 13.7. The van der Waals surface area contributed by atoms with Crippen LogP contribution in [0.5, 0.6) is 0 Å². The molecular weight excluding hydrogens is 298 g/mol. The number of aromatic amines is 1. The number of rotatable bonds is 2. The third-order valence-corrected chi connectivity index (χ3v) is 4.41. The fourth-order valence-electron chi connectivity index (χ4n) is 2.82. The highest BCUT2D eigenvalue weighted by Crippen LogP contribution is 2.22. The molecule has 1 aliphatic rings. The Hall–Kier alpha value is -2.07. The van der Waals surface area contributed by atoms with E-state index in [1.807, 2.05) is 4.57 Å². The summed E-state index contributed by atoms with van der Waals surface area (Å²) in [4.78, 5) is 22.5. The van der Waals surface area contributed by atoms with Crippen LogP contribution in [-0.4, -0.2) is 32.2 Å². The zero-order chi connectivity index (χ0) is 15.7. The molecule has 116 valence electrons. The SMILES string of the molecule is CC#CCn1c(N2CCCCC2)nc2[nH]c(=S)n(C)c(=O)c21. The second kappa shape index (κ2) is 5.97. The quantitative estimate of drug-likeness (QED) is 0.678. The summed E-state index contributed by atoms with van der Waals surface area (Å²) in [6, 6.07) is 0. The summed E-state index contributed by atoms with van der Waals surface area (Å²) in [6.45, 7) is 4.18. The van der Waals surface area contributed by atoms with Crippen molar-refractivity contribution < 1.29 is 0 Å². The summed E-state index contributed by atoms with van der Waals surface area (Å²) in [7, 11) is 1.67. The van der Waals surface area contributed by atoms with Gasteiger partial charge in [-0.05, 0) is 38.4 Å². The van der Waals surface area contributed by atoms with Crippen LogP contribution in [0.4, 0.5) is 5.95 Å². The van der Waals surface area contributed by atoms with Crippen molar-refractivity contribution in [1.29, 1.82) is 0 Å². The Morgan fingerprint density at radius 2 is 2.05 bits per heavy atom. The molecular formula is C15H19N5OS. The Kier molecular flexibility index (Phi) is 4.03. The van der Waals surface area contributed by atoms with Crippen molar-refractivity contribution in [3.63, 3.8) is 0 Å². The first-order valence-corrected chi connectivity index (χ1v) is 7.88. The van der Waals surface area contributed by atoms with Crippen LogP contribution in [0.2, 0.25) is 0 Å². The molecule has 0 unspecified atom stereocenters. The van der Waals surface area contributed by atoms with E-state index in [-0.39, 0.29) is 5.56 Å². The van der Waals surface area contributed by atoms with Crippen LogP contribution in [0.1, 0.15) is 26.2 Å². The van der Waals surface area contributed by atoms with Crippen LogP contribution in [0.25, 0.3) is 11.2 Å². The molecule has 0 spiro atoms. The second-order valence-corrected chi connectivity index (χ2v) is 5.85. The monoisotopic (exact) mass is 317 g/mol. The van der Waals surface area contributed by atoms with Gasteiger partial charge in [0.05, 0.1) is 6.54 Å². The number of anilines is 1. The minimum Gasteiger partial charge on any atom is -0.342 e. The second-order valence-electron chi connectivity index (χ2n) is 5.46. The van der Waals surface area contributed by atoms with Gasteiger partial charge in [0.1, 0.15) is 0 Å². The van der Waals surface area contributed by atoms with Gasteiger partial charge in [-0.25, -0.2) is 0 Å². The molecule has 7 heteroatoms. The number of hydrogen-bond donors (Lipinski definition) is 1. The van der Waals surface area contributed by atoms with E-state index < -0.39 is 0 Å². The number of H-pyrrole nitrogens is 1. The van der Waals surface area contributed by atoms with Crippen molar-refractivity contribution in [3.8, 4) is 11.8 Å². The van der Waals surface area contributed by atoms with Gasteiger partial charge in [-0.15, -0.1) is 5.92 Å². The van der Waals surface area contributed by atoms with E-state index in [1.165, 1.54) is 11.0 Å².